The van der Waals surface area contributed by atoms with Gasteiger partial charge in [0, 0.05) is 18.8 Å². The first-order chi connectivity index (χ1) is 9.81. The number of sulfone groups is 1. The molecule has 5 nitrogen and oxygen atoms in total. The molecule has 6 heteroatoms. The number of benzene rings is 1. The largest absolute Gasteiger partial charge is 0.490 e. The lowest BCUT2D eigenvalue weighted by Crippen LogP contribution is -2.21. The molecule has 0 spiro atoms. The Morgan fingerprint density at radius 3 is 2.48 bits per heavy atom. The van der Waals surface area contributed by atoms with E-state index in [0.717, 1.165) is 12.1 Å². The van der Waals surface area contributed by atoms with E-state index < -0.39 is 9.84 Å². The highest BCUT2D eigenvalue weighted by molar-refractivity contribution is 7.90. The van der Waals surface area contributed by atoms with Crippen LogP contribution in [0.5, 0.6) is 11.5 Å². The van der Waals surface area contributed by atoms with E-state index in [0.29, 0.717) is 24.1 Å². The third-order valence-corrected chi connectivity index (χ3v) is 3.64. The van der Waals surface area contributed by atoms with E-state index in [2.05, 4.69) is 19.2 Å². The van der Waals surface area contributed by atoms with Crippen LogP contribution in [0.2, 0.25) is 0 Å². The van der Waals surface area contributed by atoms with Gasteiger partial charge in [0.2, 0.25) is 0 Å². The van der Waals surface area contributed by atoms with Crippen molar-refractivity contribution in [2.45, 2.75) is 33.4 Å². The maximum Gasteiger partial charge on any atom is 0.161 e. The van der Waals surface area contributed by atoms with Gasteiger partial charge in [-0.05, 0) is 24.6 Å². The Morgan fingerprint density at radius 2 is 1.90 bits per heavy atom. The molecule has 0 saturated heterocycles. The summed E-state index contributed by atoms with van der Waals surface area (Å²) >= 11 is 0. The van der Waals surface area contributed by atoms with Crippen molar-refractivity contribution in [2.24, 2.45) is 0 Å². The normalized spacial score (nSPS) is 11.7. The van der Waals surface area contributed by atoms with E-state index in [1.165, 1.54) is 6.26 Å². The molecule has 0 aromatic heterocycles. The van der Waals surface area contributed by atoms with Crippen molar-refractivity contribution >= 4 is 9.84 Å². The number of hydrogen-bond donors (Lipinski definition) is 1. The number of nitrogens with one attached hydrogen (secondary N) is 1. The minimum absolute atomic E-state index is 0.00474. The molecule has 0 bridgehead atoms. The molecule has 0 heterocycles. The van der Waals surface area contributed by atoms with Crippen LogP contribution in [0.1, 0.15) is 26.3 Å². The first-order valence-electron chi connectivity index (χ1n) is 7.11. The highest BCUT2D eigenvalue weighted by atomic mass is 32.2. The molecule has 0 amide bonds. The van der Waals surface area contributed by atoms with Crippen LogP contribution in [0.4, 0.5) is 0 Å². The third kappa shape index (κ3) is 7.34. The molecule has 0 saturated carbocycles. The molecule has 0 aliphatic rings. The average Bonchev–Trinajstić information content (AvgIpc) is 2.37. The smallest absolute Gasteiger partial charge is 0.161 e. The first-order valence-corrected chi connectivity index (χ1v) is 9.17. The maximum absolute atomic E-state index is 11.1. The molecule has 0 atom stereocenters. The zero-order chi connectivity index (χ0) is 15.9. The number of ether oxygens (including phenoxy) is 2. The number of rotatable bonds is 9. The van der Waals surface area contributed by atoms with Crippen LogP contribution in [-0.4, -0.2) is 39.7 Å². The van der Waals surface area contributed by atoms with Crippen molar-refractivity contribution in [1.82, 2.24) is 5.32 Å². The van der Waals surface area contributed by atoms with Gasteiger partial charge < -0.3 is 14.8 Å². The van der Waals surface area contributed by atoms with Gasteiger partial charge in [-0.15, -0.1) is 0 Å². The van der Waals surface area contributed by atoms with Crippen LogP contribution in [0.15, 0.2) is 18.2 Å². The second-order valence-electron chi connectivity index (χ2n) is 5.23. The summed E-state index contributed by atoms with van der Waals surface area (Å²) in [5.74, 6) is 1.22. The van der Waals surface area contributed by atoms with E-state index >= 15 is 0 Å². The number of hydrogen-bond acceptors (Lipinski definition) is 5. The predicted octanol–water partition coefficient (Wildman–Crippen LogP) is 2.01. The van der Waals surface area contributed by atoms with Crippen molar-refractivity contribution in [3.05, 3.63) is 23.8 Å². The second kappa shape index (κ2) is 8.24. The van der Waals surface area contributed by atoms with Crippen LogP contribution in [0.3, 0.4) is 0 Å². The summed E-state index contributed by atoms with van der Waals surface area (Å²) in [6.45, 7) is 7.49. The van der Waals surface area contributed by atoms with E-state index in [9.17, 15) is 8.42 Å². The standard InChI is InChI=1S/C15H25NO4S/c1-5-19-15-10-13(11-16-12(2)3)6-7-14(15)20-8-9-21(4,17)18/h6-7,10,12,16H,5,8-9,11H2,1-4H3. The highest BCUT2D eigenvalue weighted by Crippen LogP contribution is 2.28. The van der Waals surface area contributed by atoms with Gasteiger partial charge in [-0.1, -0.05) is 19.9 Å². The lowest BCUT2D eigenvalue weighted by Gasteiger charge is -2.14. The lowest BCUT2D eigenvalue weighted by molar-refractivity contribution is 0.288. The van der Waals surface area contributed by atoms with Gasteiger partial charge in [0.25, 0.3) is 0 Å². The van der Waals surface area contributed by atoms with E-state index in [-0.39, 0.29) is 12.4 Å². The maximum atomic E-state index is 11.1. The Morgan fingerprint density at radius 1 is 1.19 bits per heavy atom. The summed E-state index contributed by atoms with van der Waals surface area (Å²) in [4.78, 5) is 0. The van der Waals surface area contributed by atoms with Gasteiger partial charge in [0.1, 0.15) is 6.61 Å². The summed E-state index contributed by atoms with van der Waals surface area (Å²) in [7, 11) is -3.02. The first kappa shape index (κ1) is 17.8. The Bertz CT molecular complexity index is 541. The van der Waals surface area contributed by atoms with E-state index in [1.54, 1.807) is 0 Å². The van der Waals surface area contributed by atoms with Gasteiger partial charge in [-0.3, -0.25) is 0 Å². The van der Waals surface area contributed by atoms with Crippen molar-refractivity contribution in [3.63, 3.8) is 0 Å². The topological polar surface area (TPSA) is 64.6 Å². The lowest BCUT2D eigenvalue weighted by atomic mass is 10.2. The third-order valence-electron chi connectivity index (χ3n) is 2.73. The molecule has 0 fully saturated rings. The molecule has 1 aromatic rings. The van der Waals surface area contributed by atoms with E-state index in [1.807, 2.05) is 25.1 Å². The fourth-order valence-electron chi connectivity index (χ4n) is 1.67. The Kier molecular flexibility index (Phi) is 6.98. The SMILES string of the molecule is CCOc1cc(CNC(C)C)ccc1OCCS(C)(=O)=O. The van der Waals surface area contributed by atoms with Crippen molar-refractivity contribution in [3.8, 4) is 11.5 Å². The molecule has 1 N–H and O–H groups in total. The second-order valence-corrected chi connectivity index (χ2v) is 7.49. The van der Waals surface area contributed by atoms with Crippen LogP contribution in [0, 0.1) is 0 Å². The zero-order valence-corrected chi connectivity index (χ0v) is 14.0. The fourth-order valence-corrected chi connectivity index (χ4v) is 2.06. The van der Waals surface area contributed by atoms with Crippen LogP contribution in [0.25, 0.3) is 0 Å². The van der Waals surface area contributed by atoms with Gasteiger partial charge in [0.05, 0.1) is 12.4 Å². The molecule has 0 aliphatic heterocycles. The van der Waals surface area contributed by atoms with Gasteiger partial charge in [-0.25, -0.2) is 8.42 Å². The Hall–Kier alpha value is -1.27. The van der Waals surface area contributed by atoms with Crippen LogP contribution < -0.4 is 14.8 Å². The molecule has 0 unspecified atom stereocenters. The van der Waals surface area contributed by atoms with Crippen molar-refractivity contribution < 1.29 is 17.9 Å². The van der Waals surface area contributed by atoms with Gasteiger partial charge in [-0.2, -0.15) is 0 Å². The Labute approximate surface area is 127 Å². The summed E-state index contributed by atoms with van der Waals surface area (Å²) in [6, 6.07) is 6.11. The summed E-state index contributed by atoms with van der Waals surface area (Å²) in [5, 5.41) is 3.34. The fraction of sp³-hybridized carbons (Fsp3) is 0.600. The predicted molar refractivity (Wildman–Crippen MR) is 84.8 cm³/mol. The molecule has 0 radical (unpaired) electrons. The molecule has 1 rings (SSSR count). The van der Waals surface area contributed by atoms with Gasteiger partial charge >= 0.3 is 0 Å². The van der Waals surface area contributed by atoms with Crippen LogP contribution in [-0.2, 0) is 16.4 Å². The zero-order valence-electron chi connectivity index (χ0n) is 13.2. The monoisotopic (exact) mass is 315 g/mol. The molecule has 120 valence electrons. The summed E-state index contributed by atoms with van der Waals surface area (Å²) in [6.07, 6.45) is 1.19. The van der Waals surface area contributed by atoms with Gasteiger partial charge in [0.15, 0.2) is 21.3 Å². The summed E-state index contributed by atoms with van der Waals surface area (Å²) in [5.41, 5.74) is 1.10. The van der Waals surface area contributed by atoms with Crippen LogP contribution >= 0.6 is 0 Å². The van der Waals surface area contributed by atoms with Crippen molar-refractivity contribution in [2.75, 3.05) is 25.2 Å². The molecular weight excluding hydrogens is 290 g/mol. The van der Waals surface area contributed by atoms with E-state index in [4.69, 9.17) is 9.47 Å². The molecular formula is C15H25NO4S. The molecule has 0 aliphatic carbocycles. The highest BCUT2D eigenvalue weighted by Gasteiger charge is 2.09. The summed E-state index contributed by atoms with van der Waals surface area (Å²) < 4.78 is 33.3. The Balaban J connectivity index is 2.74. The minimum atomic E-state index is -3.02. The van der Waals surface area contributed by atoms with Crippen molar-refractivity contribution in [1.29, 1.82) is 0 Å². The quantitative estimate of drug-likeness (QED) is 0.755. The molecule has 21 heavy (non-hydrogen) atoms. The minimum Gasteiger partial charge on any atom is -0.490 e. The average molecular weight is 315 g/mol. The molecule has 1 aromatic carbocycles.